The second kappa shape index (κ2) is 5.37. The summed E-state index contributed by atoms with van der Waals surface area (Å²) < 4.78 is 0. The van der Waals surface area contributed by atoms with Crippen LogP contribution in [0, 0.1) is 11.8 Å². The van der Waals surface area contributed by atoms with Crippen LogP contribution in [0.25, 0.3) is 0 Å². The SMILES string of the molecule is C=C(C)[C@@H](O)[C@H](C)[C@@H](O)[C@@H](C)CO. The standard InChI is InChI=1S/C10H20O3/c1-6(2)9(12)8(4)10(13)7(3)5-11/h7-13H,1,5H2,2-4H3/t7-,8-,9+,10-/m0/s1. The first-order valence-electron chi connectivity index (χ1n) is 4.54. The molecule has 0 rings (SSSR count). The first-order chi connectivity index (χ1) is 5.91. The lowest BCUT2D eigenvalue weighted by Crippen LogP contribution is -2.35. The van der Waals surface area contributed by atoms with Crippen molar-refractivity contribution in [1.82, 2.24) is 0 Å². The summed E-state index contributed by atoms with van der Waals surface area (Å²) in [5.41, 5.74) is 0.636. The molecule has 4 atom stereocenters. The molecule has 0 aromatic heterocycles. The molecule has 78 valence electrons. The molecule has 0 aliphatic rings. The molecule has 3 nitrogen and oxygen atoms in total. The van der Waals surface area contributed by atoms with Crippen LogP contribution >= 0.6 is 0 Å². The molecule has 0 bridgehead atoms. The zero-order valence-corrected chi connectivity index (χ0v) is 8.57. The van der Waals surface area contributed by atoms with Crippen molar-refractivity contribution in [3.05, 3.63) is 12.2 Å². The van der Waals surface area contributed by atoms with Crippen LogP contribution in [-0.2, 0) is 0 Å². The molecule has 0 aliphatic heterocycles. The van der Waals surface area contributed by atoms with E-state index in [0.717, 1.165) is 0 Å². The lowest BCUT2D eigenvalue weighted by Gasteiger charge is -2.27. The Morgan fingerprint density at radius 3 is 2.08 bits per heavy atom. The maximum absolute atomic E-state index is 9.64. The van der Waals surface area contributed by atoms with E-state index in [2.05, 4.69) is 6.58 Å². The molecule has 0 amide bonds. The fraction of sp³-hybridized carbons (Fsp3) is 0.800. The van der Waals surface area contributed by atoms with Gasteiger partial charge in [-0.25, -0.2) is 0 Å². The molecule has 0 saturated carbocycles. The maximum atomic E-state index is 9.64. The molecule has 0 saturated heterocycles. The minimum Gasteiger partial charge on any atom is -0.396 e. The van der Waals surface area contributed by atoms with Crippen molar-refractivity contribution in [3.63, 3.8) is 0 Å². The summed E-state index contributed by atoms with van der Waals surface area (Å²) in [7, 11) is 0. The van der Waals surface area contributed by atoms with E-state index in [1.807, 2.05) is 0 Å². The van der Waals surface area contributed by atoms with Crippen LogP contribution in [0.15, 0.2) is 12.2 Å². The first kappa shape index (κ1) is 12.6. The molecule has 0 aromatic rings. The fourth-order valence-corrected chi connectivity index (χ4v) is 1.26. The minimum absolute atomic E-state index is 0.0750. The van der Waals surface area contributed by atoms with E-state index >= 15 is 0 Å². The van der Waals surface area contributed by atoms with Gasteiger partial charge in [-0.05, 0) is 6.92 Å². The third kappa shape index (κ3) is 3.46. The Morgan fingerprint density at radius 1 is 1.31 bits per heavy atom. The highest BCUT2D eigenvalue weighted by molar-refractivity contribution is 5.00. The van der Waals surface area contributed by atoms with Gasteiger partial charge in [0.25, 0.3) is 0 Å². The van der Waals surface area contributed by atoms with Crippen molar-refractivity contribution < 1.29 is 15.3 Å². The Hall–Kier alpha value is -0.380. The monoisotopic (exact) mass is 188 g/mol. The van der Waals surface area contributed by atoms with Gasteiger partial charge in [-0.3, -0.25) is 0 Å². The predicted octanol–water partition coefficient (Wildman–Crippen LogP) is 0.549. The Labute approximate surface area is 79.7 Å². The van der Waals surface area contributed by atoms with Gasteiger partial charge >= 0.3 is 0 Å². The maximum Gasteiger partial charge on any atom is 0.0795 e. The van der Waals surface area contributed by atoms with Gasteiger partial charge in [0.2, 0.25) is 0 Å². The van der Waals surface area contributed by atoms with Crippen molar-refractivity contribution in [2.75, 3.05) is 6.61 Å². The van der Waals surface area contributed by atoms with Crippen molar-refractivity contribution in [2.24, 2.45) is 11.8 Å². The number of rotatable bonds is 5. The zero-order valence-electron chi connectivity index (χ0n) is 8.57. The molecule has 0 heterocycles. The summed E-state index contributed by atoms with van der Waals surface area (Å²) in [4.78, 5) is 0. The van der Waals surface area contributed by atoms with Gasteiger partial charge in [0.15, 0.2) is 0 Å². The van der Waals surface area contributed by atoms with E-state index < -0.39 is 12.2 Å². The van der Waals surface area contributed by atoms with Crippen LogP contribution in [0.1, 0.15) is 20.8 Å². The molecular formula is C10H20O3. The molecule has 3 heteroatoms. The molecule has 0 spiro atoms. The number of hydrogen-bond donors (Lipinski definition) is 3. The molecule has 13 heavy (non-hydrogen) atoms. The minimum atomic E-state index is -0.705. The summed E-state index contributed by atoms with van der Waals surface area (Å²) in [5.74, 6) is -0.511. The fourth-order valence-electron chi connectivity index (χ4n) is 1.26. The van der Waals surface area contributed by atoms with Gasteiger partial charge in [0.1, 0.15) is 0 Å². The summed E-state index contributed by atoms with van der Waals surface area (Å²) >= 11 is 0. The molecule has 0 radical (unpaired) electrons. The van der Waals surface area contributed by atoms with Crippen molar-refractivity contribution in [3.8, 4) is 0 Å². The van der Waals surface area contributed by atoms with E-state index in [1.165, 1.54) is 0 Å². The van der Waals surface area contributed by atoms with E-state index in [0.29, 0.717) is 5.57 Å². The lowest BCUT2D eigenvalue weighted by atomic mass is 9.87. The van der Waals surface area contributed by atoms with Gasteiger partial charge < -0.3 is 15.3 Å². The molecule has 3 N–H and O–H groups in total. The molecule has 0 unspecified atom stereocenters. The highest BCUT2D eigenvalue weighted by Crippen LogP contribution is 2.19. The third-order valence-electron chi connectivity index (χ3n) is 2.41. The second-order valence-electron chi connectivity index (χ2n) is 3.80. The average molecular weight is 188 g/mol. The summed E-state index contributed by atoms with van der Waals surface area (Å²) in [6.45, 7) is 8.75. The van der Waals surface area contributed by atoms with E-state index in [9.17, 15) is 10.2 Å². The molecular weight excluding hydrogens is 168 g/mol. The molecule has 0 aromatic carbocycles. The largest absolute Gasteiger partial charge is 0.396 e. The quantitative estimate of drug-likeness (QED) is 0.552. The van der Waals surface area contributed by atoms with Crippen LogP contribution < -0.4 is 0 Å². The van der Waals surface area contributed by atoms with Gasteiger partial charge in [0, 0.05) is 18.4 Å². The van der Waals surface area contributed by atoms with Gasteiger partial charge in [-0.15, -0.1) is 0 Å². The van der Waals surface area contributed by atoms with Crippen LogP contribution in [0.4, 0.5) is 0 Å². The smallest absolute Gasteiger partial charge is 0.0795 e. The Kier molecular flexibility index (Phi) is 5.21. The first-order valence-corrected chi connectivity index (χ1v) is 4.54. The van der Waals surface area contributed by atoms with Crippen LogP contribution in [0.2, 0.25) is 0 Å². The predicted molar refractivity (Wildman–Crippen MR) is 52.2 cm³/mol. The lowest BCUT2D eigenvalue weighted by molar-refractivity contribution is -0.00734. The summed E-state index contributed by atoms with van der Waals surface area (Å²) in [6, 6.07) is 0. The van der Waals surface area contributed by atoms with Crippen LogP contribution in [0.5, 0.6) is 0 Å². The summed E-state index contributed by atoms with van der Waals surface area (Å²) in [6.07, 6.45) is -1.40. The Morgan fingerprint density at radius 2 is 1.77 bits per heavy atom. The third-order valence-corrected chi connectivity index (χ3v) is 2.41. The highest BCUT2D eigenvalue weighted by Gasteiger charge is 2.26. The van der Waals surface area contributed by atoms with Crippen molar-refractivity contribution in [1.29, 1.82) is 0 Å². The number of aliphatic hydroxyl groups is 3. The molecule has 0 aliphatic carbocycles. The van der Waals surface area contributed by atoms with Crippen LogP contribution in [0.3, 0.4) is 0 Å². The topological polar surface area (TPSA) is 60.7 Å². The van der Waals surface area contributed by atoms with E-state index in [1.54, 1.807) is 20.8 Å². The van der Waals surface area contributed by atoms with Gasteiger partial charge in [-0.2, -0.15) is 0 Å². The van der Waals surface area contributed by atoms with Gasteiger partial charge in [-0.1, -0.05) is 26.0 Å². The Balaban J connectivity index is 4.24. The highest BCUT2D eigenvalue weighted by atomic mass is 16.3. The van der Waals surface area contributed by atoms with Crippen LogP contribution in [-0.4, -0.2) is 34.1 Å². The van der Waals surface area contributed by atoms with Gasteiger partial charge in [0.05, 0.1) is 12.2 Å². The molecule has 0 fully saturated rings. The average Bonchev–Trinajstić information content (AvgIpc) is 2.12. The summed E-state index contributed by atoms with van der Waals surface area (Å²) in [5, 5.41) is 28.0. The number of hydrogen-bond acceptors (Lipinski definition) is 3. The zero-order chi connectivity index (χ0) is 10.6. The second-order valence-corrected chi connectivity index (χ2v) is 3.80. The van der Waals surface area contributed by atoms with Crippen molar-refractivity contribution >= 4 is 0 Å². The number of aliphatic hydroxyl groups excluding tert-OH is 3. The Bertz CT molecular complexity index is 168. The van der Waals surface area contributed by atoms with E-state index in [-0.39, 0.29) is 18.4 Å². The normalized spacial score (nSPS) is 20.5. The van der Waals surface area contributed by atoms with Crippen molar-refractivity contribution in [2.45, 2.75) is 33.0 Å². The van der Waals surface area contributed by atoms with E-state index in [4.69, 9.17) is 5.11 Å².